The van der Waals surface area contributed by atoms with E-state index in [1.54, 1.807) is 0 Å². The molecule has 30 heavy (non-hydrogen) atoms. The standard InChI is InChI=1S/C18H10F9N3/c1-30(11-7-9(16(19,20)21)6-10(8-11)17(22,23)24)14-12-4-2-3-5-13(12)28-15(29-14)18(25,26)27/h2-8H,1H3. The van der Waals surface area contributed by atoms with Crippen molar-refractivity contribution in [2.75, 3.05) is 11.9 Å². The van der Waals surface area contributed by atoms with Crippen molar-refractivity contribution in [2.24, 2.45) is 0 Å². The van der Waals surface area contributed by atoms with Crippen LogP contribution in [0.15, 0.2) is 42.5 Å². The summed E-state index contributed by atoms with van der Waals surface area (Å²) in [7, 11) is 1.02. The number of hydrogen-bond donors (Lipinski definition) is 0. The van der Waals surface area contributed by atoms with Crippen molar-refractivity contribution in [2.45, 2.75) is 18.5 Å². The first-order chi connectivity index (χ1) is 13.7. The van der Waals surface area contributed by atoms with Gasteiger partial charge in [0.15, 0.2) is 0 Å². The van der Waals surface area contributed by atoms with Gasteiger partial charge in [-0.05, 0) is 30.3 Å². The molecule has 0 radical (unpaired) electrons. The first-order valence-corrected chi connectivity index (χ1v) is 8.05. The van der Waals surface area contributed by atoms with E-state index in [0.717, 1.165) is 11.9 Å². The maximum absolute atomic E-state index is 13.2. The van der Waals surface area contributed by atoms with Gasteiger partial charge in [-0.2, -0.15) is 39.5 Å². The second kappa shape index (κ2) is 7.03. The van der Waals surface area contributed by atoms with Crippen LogP contribution in [0.3, 0.4) is 0 Å². The number of nitrogens with zero attached hydrogens (tertiary/aromatic N) is 3. The first kappa shape index (κ1) is 21.7. The molecular weight excluding hydrogens is 429 g/mol. The van der Waals surface area contributed by atoms with Crippen LogP contribution in [-0.2, 0) is 18.5 Å². The molecule has 12 heteroatoms. The summed E-state index contributed by atoms with van der Waals surface area (Å²) in [6.45, 7) is 0. The van der Waals surface area contributed by atoms with Crippen LogP contribution in [0.2, 0.25) is 0 Å². The normalized spacial score (nSPS) is 13.0. The molecule has 1 aromatic heterocycles. The van der Waals surface area contributed by atoms with Crippen molar-refractivity contribution >= 4 is 22.4 Å². The summed E-state index contributed by atoms with van der Waals surface area (Å²) in [6.07, 6.45) is -15.2. The molecule has 0 spiro atoms. The van der Waals surface area contributed by atoms with E-state index in [9.17, 15) is 39.5 Å². The van der Waals surface area contributed by atoms with Crippen LogP contribution in [0.25, 0.3) is 10.9 Å². The lowest BCUT2D eigenvalue weighted by atomic mass is 10.1. The van der Waals surface area contributed by atoms with Gasteiger partial charge in [-0.25, -0.2) is 9.97 Å². The van der Waals surface area contributed by atoms with Gasteiger partial charge in [0.25, 0.3) is 0 Å². The van der Waals surface area contributed by atoms with Crippen LogP contribution in [0, 0.1) is 0 Å². The fraction of sp³-hybridized carbons (Fsp3) is 0.222. The minimum Gasteiger partial charge on any atom is -0.329 e. The average molecular weight is 439 g/mol. The Morgan fingerprint density at radius 2 is 1.23 bits per heavy atom. The maximum Gasteiger partial charge on any atom is 0.451 e. The van der Waals surface area contributed by atoms with Crippen LogP contribution in [0.5, 0.6) is 0 Å². The molecule has 160 valence electrons. The lowest BCUT2D eigenvalue weighted by molar-refractivity contribution is -0.145. The van der Waals surface area contributed by atoms with E-state index >= 15 is 0 Å². The number of hydrogen-bond acceptors (Lipinski definition) is 3. The van der Waals surface area contributed by atoms with E-state index in [1.165, 1.54) is 24.3 Å². The number of fused-ring (bicyclic) bond motifs is 1. The molecule has 0 fully saturated rings. The third kappa shape index (κ3) is 4.26. The quantitative estimate of drug-likeness (QED) is 0.430. The molecule has 2 aromatic carbocycles. The summed E-state index contributed by atoms with van der Waals surface area (Å²) < 4.78 is 118. The van der Waals surface area contributed by atoms with Gasteiger partial charge < -0.3 is 4.90 Å². The largest absolute Gasteiger partial charge is 0.451 e. The zero-order valence-corrected chi connectivity index (χ0v) is 14.8. The lowest BCUT2D eigenvalue weighted by Gasteiger charge is -2.23. The number of anilines is 2. The van der Waals surface area contributed by atoms with Gasteiger partial charge in [0, 0.05) is 18.1 Å². The van der Waals surface area contributed by atoms with Crippen LogP contribution >= 0.6 is 0 Å². The highest BCUT2D eigenvalue weighted by Crippen LogP contribution is 2.40. The van der Waals surface area contributed by atoms with Crippen molar-refractivity contribution in [3.05, 3.63) is 59.4 Å². The van der Waals surface area contributed by atoms with Gasteiger partial charge in [0.05, 0.1) is 16.6 Å². The molecule has 0 aliphatic heterocycles. The number of benzene rings is 2. The molecule has 0 bridgehead atoms. The Balaban J connectivity index is 2.26. The molecule has 1 heterocycles. The number of para-hydroxylation sites is 1. The highest BCUT2D eigenvalue weighted by Gasteiger charge is 2.38. The van der Waals surface area contributed by atoms with Gasteiger partial charge in [-0.15, -0.1) is 0 Å². The number of alkyl halides is 9. The Morgan fingerprint density at radius 1 is 0.700 bits per heavy atom. The monoisotopic (exact) mass is 439 g/mol. The molecule has 0 aliphatic rings. The molecule has 0 saturated carbocycles. The molecule has 0 aliphatic carbocycles. The molecule has 3 aromatic rings. The maximum atomic E-state index is 13.2. The Morgan fingerprint density at radius 3 is 1.73 bits per heavy atom. The number of aromatic nitrogens is 2. The molecule has 0 amide bonds. The van der Waals surface area contributed by atoms with Crippen molar-refractivity contribution in [1.29, 1.82) is 0 Å². The van der Waals surface area contributed by atoms with Crippen molar-refractivity contribution < 1.29 is 39.5 Å². The molecule has 3 rings (SSSR count). The zero-order chi connectivity index (χ0) is 22.5. The molecule has 3 nitrogen and oxygen atoms in total. The highest BCUT2D eigenvalue weighted by molar-refractivity contribution is 5.91. The minimum atomic E-state index is -5.11. The van der Waals surface area contributed by atoms with E-state index in [4.69, 9.17) is 0 Å². The molecule has 0 atom stereocenters. The average Bonchev–Trinajstić information content (AvgIpc) is 2.64. The topological polar surface area (TPSA) is 29.0 Å². The Labute approximate surface area is 162 Å². The second-order valence-electron chi connectivity index (χ2n) is 6.21. The van der Waals surface area contributed by atoms with E-state index in [-0.39, 0.29) is 17.0 Å². The van der Waals surface area contributed by atoms with Crippen molar-refractivity contribution in [3.8, 4) is 0 Å². The summed E-state index contributed by atoms with van der Waals surface area (Å²) in [5, 5.41) is 0.0129. The summed E-state index contributed by atoms with van der Waals surface area (Å²) in [5.41, 5.74) is -4.03. The van der Waals surface area contributed by atoms with Gasteiger partial charge in [-0.1, -0.05) is 12.1 Å². The van der Waals surface area contributed by atoms with E-state index < -0.39 is 47.0 Å². The van der Waals surface area contributed by atoms with Gasteiger partial charge >= 0.3 is 18.5 Å². The predicted octanol–water partition coefficient (Wildman–Crippen LogP) is 6.45. The second-order valence-corrected chi connectivity index (χ2v) is 6.21. The highest BCUT2D eigenvalue weighted by atomic mass is 19.4. The molecule has 0 N–H and O–H groups in total. The van der Waals surface area contributed by atoms with E-state index in [1.807, 2.05) is 0 Å². The Hall–Kier alpha value is -3.05. The molecule has 0 unspecified atom stereocenters. The molecule has 0 saturated heterocycles. The summed E-state index contributed by atoms with van der Waals surface area (Å²) in [5.74, 6) is -2.08. The van der Waals surface area contributed by atoms with Crippen LogP contribution in [0.4, 0.5) is 51.0 Å². The third-order valence-corrected chi connectivity index (χ3v) is 4.11. The van der Waals surface area contributed by atoms with Crippen molar-refractivity contribution in [3.63, 3.8) is 0 Å². The SMILES string of the molecule is CN(c1cc(C(F)(F)F)cc(C(F)(F)F)c1)c1nc(C(F)(F)F)nc2ccccc12. The summed E-state index contributed by atoms with van der Waals surface area (Å²) in [6, 6.07) is 6.06. The smallest absolute Gasteiger partial charge is 0.329 e. The Bertz CT molecular complexity index is 1050. The van der Waals surface area contributed by atoms with E-state index in [2.05, 4.69) is 9.97 Å². The summed E-state index contributed by atoms with van der Waals surface area (Å²) in [4.78, 5) is 7.46. The van der Waals surface area contributed by atoms with Gasteiger partial charge in [0.1, 0.15) is 5.82 Å². The minimum absolute atomic E-state index is 0.0129. The predicted molar refractivity (Wildman–Crippen MR) is 89.0 cm³/mol. The summed E-state index contributed by atoms with van der Waals surface area (Å²) >= 11 is 0. The number of halogens is 9. The van der Waals surface area contributed by atoms with Crippen LogP contribution in [0.1, 0.15) is 17.0 Å². The van der Waals surface area contributed by atoms with E-state index in [0.29, 0.717) is 12.1 Å². The van der Waals surface area contributed by atoms with Crippen molar-refractivity contribution in [1.82, 2.24) is 9.97 Å². The molecular formula is C18H10F9N3. The number of rotatable bonds is 2. The third-order valence-electron chi connectivity index (χ3n) is 4.11. The van der Waals surface area contributed by atoms with Gasteiger partial charge in [-0.3, -0.25) is 0 Å². The van der Waals surface area contributed by atoms with Gasteiger partial charge in [0.2, 0.25) is 5.82 Å². The fourth-order valence-corrected chi connectivity index (χ4v) is 2.70. The lowest BCUT2D eigenvalue weighted by Crippen LogP contribution is -2.19. The fourth-order valence-electron chi connectivity index (χ4n) is 2.70. The van der Waals surface area contributed by atoms with Crippen LogP contribution < -0.4 is 4.90 Å². The zero-order valence-electron chi connectivity index (χ0n) is 14.8. The van der Waals surface area contributed by atoms with Crippen LogP contribution in [-0.4, -0.2) is 17.0 Å². The first-order valence-electron chi connectivity index (χ1n) is 8.05. The Kier molecular flexibility index (Phi) is 5.07.